The van der Waals surface area contributed by atoms with Crippen LogP contribution in [0.15, 0.2) is 38.8 Å². The molecule has 1 aromatic carbocycles. The lowest BCUT2D eigenvalue weighted by Crippen LogP contribution is -2.24. The van der Waals surface area contributed by atoms with Crippen LogP contribution in [0.1, 0.15) is 5.56 Å². The molecule has 0 fully saturated rings. The topological polar surface area (TPSA) is 97.7 Å². The monoisotopic (exact) mass is 265 g/mol. The average Bonchev–Trinajstić information content (AvgIpc) is 2.31. The predicted molar refractivity (Wildman–Crippen MR) is 67.8 cm³/mol. The van der Waals surface area contributed by atoms with E-state index in [4.69, 9.17) is 21.8 Å². The highest BCUT2D eigenvalue weighted by Gasteiger charge is 2.05. The first-order chi connectivity index (χ1) is 8.58. The third kappa shape index (κ3) is 2.49. The van der Waals surface area contributed by atoms with Crippen molar-refractivity contribution in [3.8, 4) is 0 Å². The number of benzene rings is 1. The van der Waals surface area contributed by atoms with E-state index in [2.05, 4.69) is 5.10 Å². The van der Waals surface area contributed by atoms with Gasteiger partial charge >= 0.3 is 6.03 Å². The number of hydrogen-bond donors (Lipinski definition) is 2. The van der Waals surface area contributed by atoms with Crippen LogP contribution in [0.5, 0.6) is 0 Å². The summed E-state index contributed by atoms with van der Waals surface area (Å²) in [6.45, 7) is 0. The minimum Gasteiger partial charge on any atom is -0.463 e. The summed E-state index contributed by atoms with van der Waals surface area (Å²) in [6.07, 6.45) is 2.39. The van der Waals surface area contributed by atoms with Crippen LogP contribution in [-0.2, 0) is 0 Å². The zero-order chi connectivity index (χ0) is 13.1. The number of primary amides is 1. The third-order valence-electron chi connectivity index (χ3n) is 2.14. The molecule has 0 saturated carbocycles. The van der Waals surface area contributed by atoms with Gasteiger partial charge in [0.05, 0.1) is 17.2 Å². The number of hydrogen-bond acceptors (Lipinski definition) is 4. The summed E-state index contributed by atoms with van der Waals surface area (Å²) in [6, 6.07) is 3.87. The summed E-state index contributed by atoms with van der Waals surface area (Å²) in [5, 5.41) is 4.34. The van der Waals surface area contributed by atoms with Crippen LogP contribution in [0.4, 0.5) is 4.79 Å². The molecule has 1 aromatic heterocycles. The fraction of sp³-hybridized carbons (Fsp3) is 0. The zero-order valence-corrected chi connectivity index (χ0v) is 9.77. The molecule has 0 radical (unpaired) electrons. The average molecular weight is 266 g/mol. The van der Waals surface area contributed by atoms with Gasteiger partial charge in [0.15, 0.2) is 0 Å². The maximum atomic E-state index is 12.0. The van der Waals surface area contributed by atoms with Crippen molar-refractivity contribution in [2.24, 2.45) is 10.8 Å². The second-order valence-electron chi connectivity index (χ2n) is 3.39. The number of amides is 2. The van der Waals surface area contributed by atoms with Crippen molar-refractivity contribution >= 4 is 34.8 Å². The lowest BCUT2D eigenvalue weighted by molar-refractivity contribution is 0.249. The summed E-state index contributed by atoms with van der Waals surface area (Å²) in [5.41, 5.74) is 7.11. The number of nitrogens with two attached hydrogens (primary N) is 1. The largest absolute Gasteiger partial charge is 0.463 e. The smallest absolute Gasteiger partial charge is 0.332 e. The Kier molecular flexibility index (Phi) is 3.29. The Balaban J connectivity index is 2.45. The van der Waals surface area contributed by atoms with Gasteiger partial charge in [-0.2, -0.15) is 5.10 Å². The lowest BCUT2D eigenvalue weighted by Gasteiger charge is -1.98. The Morgan fingerprint density at radius 1 is 1.50 bits per heavy atom. The molecule has 92 valence electrons. The molecule has 0 aliphatic rings. The summed E-state index contributed by atoms with van der Waals surface area (Å²) >= 11 is 5.78. The molecule has 0 unspecified atom stereocenters. The molecule has 0 saturated heterocycles. The van der Waals surface area contributed by atoms with Gasteiger partial charge in [-0.15, -0.1) is 0 Å². The fourth-order valence-electron chi connectivity index (χ4n) is 1.37. The molecule has 2 amide bonds. The van der Waals surface area contributed by atoms with Crippen molar-refractivity contribution in [1.29, 1.82) is 0 Å². The molecule has 7 heteroatoms. The molecule has 0 aliphatic heterocycles. The molecule has 6 nitrogen and oxygen atoms in total. The molecule has 3 N–H and O–H groups in total. The minimum atomic E-state index is -0.816. The number of hydrazone groups is 1. The minimum absolute atomic E-state index is 0.193. The highest BCUT2D eigenvalue weighted by molar-refractivity contribution is 6.31. The Labute approximate surface area is 106 Å². The molecular weight excluding hydrogens is 258 g/mol. The SMILES string of the molecule is NC(=O)NN=Cc1coc2cc(Cl)ccc2c1=O. The summed E-state index contributed by atoms with van der Waals surface area (Å²) in [7, 11) is 0. The van der Waals surface area contributed by atoms with E-state index in [1.54, 1.807) is 18.2 Å². The van der Waals surface area contributed by atoms with E-state index in [1.807, 2.05) is 5.43 Å². The first-order valence-corrected chi connectivity index (χ1v) is 5.25. The number of urea groups is 1. The fourth-order valence-corrected chi connectivity index (χ4v) is 1.53. The van der Waals surface area contributed by atoms with Crippen LogP contribution < -0.4 is 16.6 Å². The van der Waals surface area contributed by atoms with Gasteiger partial charge in [-0.1, -0.05) is 11.6 Å². The number of nitrogens with zero attached hydrogens (tertiary/aromatic N) is 1. The van der Waals surface area contributed by atoms with Gasteiger partial charge in [-0.25, -0.2) is 10.2 Å². The number of nitrogens with one attached hydrogen (secondary N) is 1. The Hall–Kier alpha value is -2.34. The zero-order valence-electron chi connectivity index (χ0n) is 9.01. The normalized spacial score (nSPS) is 10.9. The quantitative estimate of drug-likeness (QED) is 0.635. The maximum absolute atomic E-state index is 12.0. The number of fused-ring (bicyclic) bond motifs is 1. The van der Waals surface area contributed by atoms with Crippen molar-refractivity contribution in [3.63, 3.8) is 0 Å². The molecule has 0 spiro atoms. The maximum Gasteiger partial charge on any atom is 0.332 e. The van der Waals surface area contributed by atoms with Crippen molar-refractivity contribution in [1.82, 2.24) is 5.43 Å². The van der Waals surface area contributed by atoms with E-state index in [0.717, 1.165) is 6.21 Å². The molecule has 0 aliphatic carbocycles. The molecule has 0 atom stereocenters. The standard InChI is InChI=1S/C11H8ClN3O3/c12-7-1-2-8-9(3-7)18-5-6(10(8)16)4-14-15-11(13)17/h1-5H,(H3,13,15,17). The van der Waals surface area contributed by atoms with E-state index in [9.17, 15) is 9.59 Å². The summed E-state index contributed by atoms with van der Waals surface area (Å²) in [4.78, 5) is 22.4. The van der Waals surface area contributed by atoms with Crippen LogP contribution in [0.2, 0.25) is 5.02 Å². The van der Waals surface area contributed by atoms with Gasteiger partial charge in [-0.05, 0) is 12.1 Å². The van der Waals surface area contributed by atoms with Crippen molar-refractivity contribution < 1.29 is 9.21 Å². The first-order valence-electron chi connectivity index (χ1n) is 4.87. The van der Waals surface area contributed by atoms with Gasteiger partial charge in [0.1, 0.15) is 11.8 Å². The Bertz CT molecular complexity index is 693. The molecule has 18 heavy (non-hydrogen) atoms. The molecule has 1 heterocycles. The summed E-state index contributed by atoms with van der Waals surface area (Å²) in [5.74, 6) is 0. The highest BCUT2D eigenvalue weighted by atomic mass is 35.5. The van der Waals surface area contributed by atoms with Gasteiger partial charge < -0.3 is 10.2 Å². The van der Waals surface area contributed by atoms with Gasteiger partial charge in [0, 0.05) is 11.1 Å². The second-order valence-corrected chi connectivity index (χ2v) is 3.83. The molecule has 2 rings (SSSR count). The Morgan fingerprint density at radius 3 is 3.00 bits per heavy atom. The van der Waals surface area contributed by atoms with Crippen LogP contribution in [0.3, 0.4) is 0 Å². The Morgan fingerprint density at radius 2 is 2.28 bits per heavy atom. The predicted octanol–water partition coefficient (Wildman–Crippen LogP) is 1.45. The van der Waals surface area contributed by atoms with Crippen molar-refractivity contribution in [2.75, 3.05) is 0 Å². The molecule has 2 aromatic rings. The number of halogens is 1. The van der Waals surface area contributed by atoms with Gasteiger partial charge in [-0.3, -0.25) is 4.79 Å². The van der Waals surface area contributed by atoms with Crippen molar-refractivity contribution in [2.45, 2.75) is 0 Å². The summed E-state index contributed by atoms with van der Waals surface area (Å²) < 4.78 is 5.24. The first kappa shape index (κ1) is 12.1. The number of carbonyl (C=O) groups excluding carboxylic acids is 1. The van der Waals surface area contributed by atoms with Crippen LogP contribution in [0.25, 0.3) is 11.0 Å². The second kappa shape index (κ2) is 4.89. The lowest BCUT2D eigenvalue weighted by atomic mass is 10.2. The van der Waals surface area contributed by atoms with Gasteiger partial charge in [0.2, 0.25) is 5.43 Å². The van der Waals surface area contributed by atoms with E-state index in [0.29, 0.717) is 16.0 Å². The van der Waals surface area contributed by atoms with E-state index in [-0.39, 0.29) is 11.0 Å². The van der Waals surface area contributed by atoms with Crippen molar-refractivity contribution in [3.05, 3.63) is 45.3 Å². The highest BCUT2D eigenvalue weighted by Crippen LogP contribution is 2.16. The van der Waals surface area contributed by atoms with Crippen LogP contribution >= 0.6 is 11.6 Å². The molecule has 0 bridgehead atoms. The van der Waals surface area contributed by atoms with E-state index < -0.39 is 6.03 Å². The van der Waals surface area contributed by atoms with Crippen LogP contribution in [-0.4, -0.2) is 12.2 Å². The van der Waals surface area contributed by atoms with E-state index in [1.165, 1.54) is 6.26 Å². The molecular formula is C11H8ClN3O3. The van der Waals surface area contributed by atoms with Crippen LogP contribution in [0, 0.1) is 0 Å². The van der Waals surface area contributed by atoms with E-state index >= 15 is 0 Å². The van der Waals surface area contributed by atoms with Gasteiger partial charge in [0.25, 0.3) is 0 Å². The number of carbonyl (C=O) groups is 1. The third-order valence-corrected chi connectivity index (χ3v) is 2.38. The number of rotatable bonds is 2.